The van der Waals surface area contributed by atoms with Gasteiger partial charge in [-0.05, 0) is 54.3 Å². The van der Waals surface area contributed by atoms with Gasteiger partial charge in [0, 0.05) is 32.2 Å². The van der Waals surface area contributed by atoms with Gasteiger partial charge >= 0.3 is 0 Å². The molecule has 5 nitrogen and oxygen atoms in total. The second kappa shape index (κ2) is 13.1. The summed E-state index contributed by atoms with van der Waals surface area (Å²) < 4.78 is 13.5. The molecule has 0 saturated carbocycles. The van der Waals surface area contributed by atoms with E-state index in [-0.39, 0.29) is 24.4 Å². The number of rotatable bonds is 10. The van der Waals surface area contributed by atoms with Gasteiger partial charge in [0.2, 0.25) is 0 Å². The van der Waals surface area contributed by atoms with Crippen LogP contribution in [-0.4, -0.2) is 53.1 Å². The van der Waals surface area contributed by atoms with Gasteiger partial charge in [-0.1, -0.05) is 62.4 Å². The van der Waals surface area contributed by atoms with Crippen LogP contribution < -0.4 is 5.32 Å². The number of aliphatic hydroxyl groups excluding tert-OH is 1. The van der Waals surface area contributed by atoms with Gasteiger partial charge in [0.25, 0.3) is 5.91 Å². The number of hydrogen-bond donors (Lipinski definition) is 2. The first-order chi connectivity index (χ1) is 16.6. The van der Waals surface area contributed by atoms with E-state index in [2.05, 4.69) is 11.9 Å². The molecule has 0 unspecified atom stereocenters. The summed E-state index contributed by atoms with van der Waals surface area (Å²) in [5.74, 6) is -0.268. The number of nitrogens with zero attached hydrogens (tertiary/aromatic N) is 2. The fourth-order valence-electron chi connectivity index (χ4n) is 4.45. The summed E-state index contributed by atoms with van der Waals surface area (Å²) in [5.41, 5.74) is 3.58. The van der Waals surface area contributed by atoms with Gasteiger partial charge in [0.15, 0.2) is 0 Å². The Morgan fingerprint density at radius 2 is 2.00 bits per heavy atom. The minimum absolute atomic E-state index is 0.00119. The van der Waals surface area contributed by atoms with Crippen molar-refractivity contribution in [1.82, 2.24) is 15.1 Å². The molecule has 1 fully saturated rings. The van der Waals surface area contributed by atoms with Crippen LogP contribution in [0.15, 0.2) is 73.1 Å². The molecule has 0 spiro atoms. The Morgan fingerprint density at radius 1 is 1.24 bits per heavy atom. The van der Waals surface area contributed by atoms with Crippen molar-refractivity contribution in [2.45, 2.75) is 45.2 Å². The Labute approximate surface area is 202 Å². The van der Waals surface area contributed by atoms with E-state index in [1.807, 2.05) is 47.1 Å². The van der Waals surface area contributed by atoms with Crippen LogP contribution in [0.4, 0.5) is 4.39 Å². The fourth-order valence-corrected chi connectivity index (χ4v) is 4.45. The zero-order chi connectivity index (χ0) is 24.3. The highest BCUT2D eigenvalue weighted by Crippen LogP contribution is 2.27. The molecule has 0 aliphatic carbocycles. The number of hydrogen-bond acceptors (Lipinski definition) is 4. The third-order valence-electron chi connectivity index (χ3n) is 6.16. The SMILES string of the molecule is C=CN(Cc1ccccc1-c1ccc(F)cc1)/C(=C\CC)C(=O)N1CCCC[C@@H](NCCO)C1. The van der Waals surface area contributed by atoms with Crippen molar-refractivity contribution < 1.29 is 14.3 Å². The van der Waals surface area contributed by atoms with Crippen molar-refractivity contribution in [3.8, 4) is 11.1 Å². The summed E-state index contributed by atoms with van der Waals surface area (Å²) in [6.45, 7) is 8.46. The number of allylic oxidation sites excluding steroid dienone is 1. The van der Waals surface area contributed by atoms with Crippen LogP contribution in [0.1, 0.15) is 38.2 Å². The largest absolute Gasteiger partial charge is 0.395 e. The molecular weight excluding hydrogens is 429 g/mol. The average molecular weight is 466 g/mol. The predicted octanol–water partition coefficient (Wildman–Crippen LogP) is 4.70. The summed E-state index contributed by atoms with van der Waals surface area (Å²) in [4.78, 5) is 17.5. The molecule has 1 amide bonds. The van der Waals surface area contributed by atoms with Gasteiger partial charge in [0.05, 0.1) is 6.61 Å². The molecule has 0 radical (unpaired) electrons. The first kappa shape index (κ1) is 25.7. The number of likely N-dealkylation sites (tertiary alicyclic amines) is 1. The molecule has 1 aliphatic rings. The number of carbonyl (C=O) groups is 1. The lowest BCUT2D eigenvalue weighted by Gasteiger charge is -2.30. The standard InChI is InChI=1S/C28H36FN3O2/c1-3-9-27(28(34)32-18-8-7-11-25(21-32)30-17-19-33)31(4-2)20-23-10-5-6-12-26(23)22-13-15-24(29)16-14-22/h4-6,9-10,12-16,25,30,33H,2-3,7-8,11,17-21H2,1H3/b27-9-/t25-/m1/s1. The lowest BCUT2D eigenvalue weighted by Crippen LogP contribution is -2.45. The molecule has 2 aromatic rings. The van der Waals surface area contributed by atoms with E-state index in [1.54, 1.807) is 18.3 Å². The smallest absolute Gasteiger partial charge is 0.270 e. The highest BCUT2D eigenvalue weighted by Gasteiger charge is 2.26. The summed E-state index contributed by atoms with van der Waals surface area (Å²) in [7, 11) is 0. The number of nitrogens with one attached hydrogen (secondary N) is 1. The molecular formula is C28H36FN3O2. The zero-order valence-corrected chi connectivity index (χ0v) is 20.0. The van der Waals surface area contributed by atoms with Crippen molar-refractivity contribution in [2.75, 3.05) is 26.2 Å². The van der Waals surface area contributed by atoms with Crippen LogP contribution in [0.5, 0.6) is 0 Å². The van der Waals surface area contributed by atoms with Gasteiger partial charge in [-0.15, -0.1) is 0 Å². The number of carbonyl (C=O) groups excluding carboxylic acids is 1. The third-order valence-corrected chi connectivity index (χ3v) is 6.16. The van der Waals surface area contributed by atoms with Crippen molar-refractivity contribution in [2.24, 2.45) is 0 Å². The Morgan fingerprint density at radius 3 is 2.71 bits per heavy atom. The van der Waals surface area contributed by atoms with E-state index in [0.717, 1.165) is 42.4 Å². The van der Waals surface area contributed by atoms with Gasteiger partial charge in [0.1, 0.15) is 11.5 Å². The topological polar surface area (TPSA) is 55.8 Å². The normalized spacial score (nSPS) is 16.7. The number of amides is 1. The van der Waals surface area contributed by atoms with E-state index < -0.39 is 0 Å². The molecule has 2 N–H and O–H groups in total. The predicted molar refractivity (Wildman–Crippen MR) is 135 cm³/mol. The molecule has 2 aromatic carbocycles. The first-order valence-corrected chi connectivity index (χ1v) is 12.1. The maximum Gasteiger partial charge on any atom is 0.270 e. The molecule has 1 heterocycles. The zero-order valence-electron chi connectivity index (χ0n) is 20.0. The molecule has 1 atom stereocenters. The second-order valence-electron chi connectivity index (χ2n) is 8.59. The monoisotopic (exact) mass is 465 g/mol. The molecule has 6 heteroatoms. The highest BCUT2D eigenvalue weighted by atomic mass is 19.1. The maximum absolute atomic E-state index is 13.7. The Kier molecular flexibility index (Phi) is 9.86. The number of aliphatic hydroxyl groups is 1. The average Bonchev–Trinajstić information content (AvgIpc) is 3.11. The molecule has 1 aliphatic heterocycles. The number of benzene rings is 2. The highest BCUT2D eigenvalue weighted by molar-refractivity contribution is 5.93. The van der Waals surface area contributed by atoms with Crippen LogP contribution >= 0.6 is 0 Å². The van der Waals surface area contributed by atoms with Crippen molar-refractivity contribution in [3.05, 3.63) is 84.5 Å². The lowest BCUT2D eigenvalue weighted by molar-refractivity contribution is -0.128. The van der Waals surface area contributed by atoms with E-state index in [0.29, 0.717) is 31.9 Å². The van der Waals surface area contributed by atoms with Crippen molar-refractivity contribution in [3.63, 3.8) is 0 Å². The molecule has 3 rings (SSSR count). The van der Waals surface area contributed by atoms with Gasteiger partial charge < -0.3 is 20.2 Å². The van der Waals surface area contributed by atoms with Crippen molar-refractivity contribution >= 4 is 5.91 Å². The van der Waals surface area contributed by atoms with Gasteiger partial charge in [-0.25, -0.2) is 4.39 Å². The molecule has 0 aromatic heterocycles. The van der Waals surface area contributed by atoms with Crippen LogP contribution in [0, 0.1) is 5.82 Å². The summed E-state index contributed by atoms with van der Waals surface area (Å²) in [6.07, 6.45) is 7.41. The van der Waals surface area contributed by atoms with Crippen LogP contribution in [0.25, 0.3) is 11.1 Å². The maximum atomic E-state index is 13.7. The Balaban J connectivity index is 1.84. The van der Waals surface area contributed by atoms with Crippen LogP contribution in [-0.2, 0) is 11.3 Å². The molecule has 1 saturated heterocycles. The summed E-state index contributed by atoms with van der Waals surface area (Å²) >= 11 is 0. The molecule has 34 heavy (non-hydrogen) atoms. The lowest BCUT2D eigenvalue weighted by atomic mass is 9.99. The minimum atomic E-state index is -0.267. The molecule has 0 bridgehead atoms. The second-order valence-corrected chi connectivity index (χ2v) is 8.59. The Bertz CT molecular complexity index is 974. The van der Waals surface area contributed by atoms with E-state index in [4.69, 9.17) is 0 Å². The van der Waals surface area contributed by atoms with Crippen molar-refractivity contribution in [1.29, 1.82) is 0 Å². The Hall–Kier alpha value is -2.96. The summed E-state index contributed by atoms with van der Waals surface area (Å²) in [5, 5.41) is 12.5. The third kappa shape index (κ3) is 6.78. The number of halogens is 1. The van der Waals surface area contributed by atoms with E-state index in [9.17, 15) is 14.3 Å². The summed E-state index contributed by atoms with van der Waals surface area (Å²) in [6, 6.07) is 14.6. The molecule has 182 valence electrons. The minimum Gasteiger partial charge on any atom is -0.395 e. The van der Waals surface area contributed by atoms with Crippen LogP contribution in [0.2, 0.25) is 0 Å². The van der Waals surface area contributed by atoms with Gasteiger partial charge in [-0.3, -0.25) is 4.79 Å². The fraction of sp³-hybridized carbons (Fsp3) is 0.393. The van der Waals surface area contributed by atoms with Gasteiger partial charge in [-0.2, -0.15) is 0 Å². The quantitative estimate of drug-likeness (QED) is 0.500. The first-order valence-electron chi connectivity index (χ1n) is 12.1. The van der Waals surface area contributed by atoms with E-state index in [1.165, 1.54) is 12.1 Å². The van der Waals surface area contributed by atoms with E-state index >= 15 is 0 Å². The van der Waals surface area contributed by atoms with Crippen LogP contribution in [0.3, 0.4) is 0 Å².